The molecule has 3 aliphatic rings. The minimum atomic E-state index is 0.351. The third-order valence-electron chi connectivity index (χ3n) is 5.24. The molecule has 2 aliphatic heterocycles. The van der Waals surface area contributed by atoms with Crippen LogP contribution in [0.1, 0.15) is 19.8 Å². The quantitative estimate of drug-likeness (QED) is 0.722. The Morgan fingerprint density at radius 1 is 1.00 bits per heavy atom. The molecule has 0 saturated carbocycles. The van der Waals surface area contributed by atoms with Gasteiger partial charge in [0.25, 0.3) is 0 Å². The van der Waals surface area contributed by atoms with E-state index in [9.17, 15) is 4.79 Å². The fourth-order valence-corrected chi connectivity index (χ4v) is 3.77. The first-order valence-corrected chi connectivity index (χ1v) is 8.13. The first kappa shape index (κ1) is 14.1. The Kier molecular flexibility index (Phi) is 4.41. The van der Waals surface area contributed by atoms with Crippen molar-refractivity contribution in [1.82, 2.24) is 14.7 Å². The van der Waals surface area contributed by atoms with Gasteiger partial charge in [-0.1, -0.05) is 19.1 Å². The highest BCUT2D eigenvalue weighted by Gasteiger charge is 2.35. The van der Waals surface area contributed by atoms with Crippen LogP contribution in [-0.2, 0) is 4.79 Å². The van der Waals surface area contributed by atoms with Crippen LogP contribution in [-0.4, -0.2) is 73.0 Å². The van der Waals surface area contributed by atoms with Gasteiger partial charge in [0.15, 0.2) is 0 Å². The maximum Gasteiger partial charge on any atom is 0.236 e. The van der Waals surface area contributed by atoms with Gasteiger partial charge in [0.1, 0.15) is 0 Å². The van der Waals surface area contributed by atoms with Crippen molar-refractivity contribution in [2.24, 2.45) is 11.8 Å². The van der Waals surface area contributed by atoms with Crippen LogP contribution >= 0.6 is 0 Å². The third kappa shape index (κ3) is 3.07. The molecule has 4 nitrogen and oxygen atoms in total. The lowest BCUT2D eigenvalue weighted by Gasteiger charge is -2.34. The van der Waals surface area contributed by atoms with Gasteiger partial charge in [-0.2, -0.15) is 0 Å². The second-order valence-corrected chi connectivity index (χ2v) is 6.47. The maximum atomic E-state index is 12.5. The van der Waals surface area contributed by atoms with E-state index in [2.05, 4.69) is 33.8 Å². The van der Waals surface area contributed by atoms with E-state index in [1.165, 1.54) is 12.8 Å². The summed E-state index contributed by atoms with van der Waals surface area (Å²) in [5.41, 5.74) is 0. The van der Waals surface area contributed by atoms with Crippen LogP contribution in [0.15, 0.2) is 12.2 Å². The zero-order valence-electron chi connectivity index (χ0n) is 12.6. The maximum absolute atomic E-state index is 12.5. The van der Waals surface area contributed by atoms with Crippen molar-refractivity contribution in [3.8, 4) is 0 Å². The smallest absolute Gasteiger partial charge is 0.236 e. The predicted octanol–water partition coefficient (Wildman–Crippen LogP) is 1.05. The molecule has 2 fully saturated rings. The molecule has 112 valence electrons. The second kappa shape index (κ2) is 6.27. The van der Waals surface area contributed by atoms with E-state index in [1.54, 1.807) is 0 Å². The van der Waals surface area contributed by atoms with Crippen LogP contribution in [0.4, 0.5) is 0 Å². The molecular weight excluding hydrogens is 250 g/mol. The molecule has 0 bridgehead atoms. The molecule has 2 atom stereocenters. The SMILES string of the molecule is CCN1CCN(CC(=O)N2C[C@H]3CC=CC[C@H]3C2)CC1. The number of hydrogen-bond acceptors (Lipinski definition) is 3. The summed E-state index contributed by atoms with van der Waals surface area (Å²) in [6.07, 6.45) is 6.92. The number of piperazine rings is 1. The topological polar surface area (TPSA) is 26.8 Å². The molecule has 0 unspecified atom stereocenters. The summed E-state index contributed by atoms with van der Waals surface area (Å²) < 4.78 is 0. The number of carbonyl (C=O) groups is 1. The van der Waals surface area contributed by atoms with Gasteiger partial charge >= 0.3 is 0 Å². The van der Waals surface area contributed by atoms with Crippen molar-refractivity contribution < 1.29 is 4.79 Å². The summed E-state index contributed by atoms with van der Waals surface area (Å²) in [7, 11) is 0. The lowest BCUT2D eigenvalue weighted by molar-refractivity contribution is -0.132. The van der Waals surface area contributed by atoms with E-state index < -0.39 is 0 Å². The Bertz CT molecular complexity index is 358. The molecule has 2 heterocycles. The van der Waals surface area contributed by atoms with Gasteiger partial charge in [-0.25, -0.2) is 0 Å². The molecule has 1 aliphatic carbocycles. The Hall–Kier alpha value is -0.870. The van der Waals surface area contributed by atoms with Gasteiger partial charge in [0, 0.05) is 39.3 Å². The zero-order chi connectivity index (χ0) is 13.9. The highest BCUT2D eigenvalue weighted by molar-refractivity contribution is 5.78. The molecule has 0 radical (unpaired) electrons. The number of likely N-dealkylation sites (N-methyl/N-ethyl adjacent to an activating group) is 1. The fraction of sp³-hybridized carbons (Fsp3) is 0.812. The van der Waals surface area contributed by atoms with Crippen LogP contribution in [0.3, 0.4) is 0 Å². The van der Waals surface area contributed by atoms with Crippen molar-refractivity contribution in [3.05, 3.63) is 12.2 Å². The number of hydrogen-bond donors (Lipinski definition) is 0. The van der Waals surface area contributed by atoms with Crippen LogP contribution < -0.4 is 0 Å². The van der Waals surface area contributed by atoms with E-state index in [-0.39, 0.29) is 0 Å². The summed E-state index contributed by atoms with van der Waals surface area (Å²) in [4.78, 5) is 19.4. The molecular formula is C16H27N3O. The van der Waals surface area contributed by atoms with Gasteiger partial charge in [0.2, 0.25) is 5.91 Å². The van der Waals surface area contributed by atoms with Gasteiger partial charge in [0.05, 0.1) is 6.54 Å². The van der Waals surface area contributed by atoms with Crippen molar-refractivity contribution >= 4 is 5.91 Å². The normalized spacial score (nSPS) is 31.6. The van der Waals surface area contributed by atoms with Crippen molar-refractivity contribution in [2.75, 3.05) is 52.4 Å². The Balaban J connectivity index is 1.46. The number of nitrogens with zero attached hydrogens (tertiary/aromatic N) is 3. The van der Waals surface area contributed by atoms with E-state index >= 15 is 0 Å². The van der Waals surface area contributed by atoms with Crippen LogP contribution in [0.5, 0.6) is 0 Å². The highest BCUT2D eigenvalue weighted by Crippen LogP contribution is 2.32. The average molecular weight is 277 g/mol. The number of likely N-dealkylation sites (tertiary alicyclic amines) is 1. The van der Waals surface area contributed by atoms with E-state index in [1.807, 2.05) is 0 Å². The van der Waals surface area contributed by atoms with Crippen LogP contribution in [0, 0.1) is 11.8 Å². The summed E-state index contributed by atoms with van der Waals surface area (Å²) >= 11 is 0. The Morgan fingerprint density at radius 2 is 1.55 bits per heavy atom. The summed E-state index contributed by atoms with van der Waals surface area (Å²) in [6, 6.07) is 0. The molecule has 0 spiro atoms. The molecule has 0 N–H and O–H groups in total. The number of carbonyl (C=O) groups excluding carboxylic acids is 1. The van der Waals surface area contributed by atoms with Crippen molar-refractivity contribution in [3.63, 3.8) is 0 Å². The predicted molar refractivity (Wildman–Crippen MR) is 80.5 cm³/mol. The second-order valence-electron chi connectivity index (χ2n) is 6.47. The van der Waals surface area contributed by atoms with Gasteiger partial charge in [-0.05, 0) is 31.2 Å². The van der Waals surface area contributed by atoms with Crippen LogP contribution in [0.2, 0.25) is 0 Å². The molecule has 0 aromatic heterocycles. The highest BCUT2D eigenvalue weighted by atomic mass is 16.2. The van der Waals surface area contributed by atoms with Gasteiger partial charge < -0.3 is 9.80 Å². The molecule has 0 aromatic carbocycles. The number of rotatable bonds is 3. The molecule has 4 heteroatoms. The molecule has 1 amide bonds. The van der Waals surface area contributed by atoms with Gasteiger partial charge in [-0.3, -0.25) is 9.69 Å². The summed E-state index contributed by atoms with van der Waals surface area (Å²) in [6.45, 7) is 10.3. The van der Waals surface area contributed by atoms with Crippen molar-refractivity contribution in [2.45, 2.75) is 19.8 Å². The minimum Gasteiger partial charge on any atom is -0.341 e. The Labute approximate surface area is 122 Å². The average Bonchev–Trinajstić information content (AvgIpc) is 2.92. The molecule has 2 saturated heterocycles. The summed E-state index contributed by atoms with van der Waals surface area (Å²) in [5, 5.41) is 0. The number of fused-ring (bicyclic) bond motifs is 1. The van der Waals surface area contributed by atoms with Crippen molar-refractivity contribution in [1.29, 1.82) is 0 Å². The summed E-state index contributed by atoms with van der Waals surface area (Å²) in [5.74, 6) is 1.80. The van der Waals surface area contributed by atoms with Gasteiger partial charge in [-0.15, -0.1) is 0 Å². The molecule has 0 aromatic rings. The first-order chi connectivity index (χ1) is 9.76. The largest absolute Gasteiger partial charge is 0.341 e. The standard InChI is InChI=1S/C16H27N3O/c1-2-17-7-9-18(10-8-17)13-16(20)19-11-14-5-3-4-6-15(14)12-19/h3-4,14-15H,2,5-13H2,1H3/t14-,15+. The molecule has 20 heavy (non-hydrogen) atoms. The lowest BCUT2D eigenvalue weighted by Crippen LogP contribution is -2.49. The molecule has 3 rings (SSSR count). The van der Waals surface area contributed by atoms with E-state index in [0.717, 1.165) is 57.6 Å². The zero-order valence-corrected chi connectivity index (χ0v) is 12.6. The third-order valence-corrected chi connectivity index (χ3v) is 5.24. The van der Waals surface area contributed by atoms with E-state index in [0.29, 0.717) is 12.5 Å². The lowest BCUT2D eigenvalue weighted by atomic mass is 9.86. The minimum absolute atomic E-state index is 0.351. The monoisotopic (exact) mass is 277 g/mol. The van der Waals surface area contributed by atoms with E-state index in [4.69, 9.17) is 0 Å². The van der Waals surface area contributed by atoms with Crippen LogP contribution in [0.25, 0.3) is 0 Å². The number of amides is 1. The number of allylic oxidation sites excluding steroid dienone is 2. The fourth-order valence-electron chi connectivity index (χ4n) is 3.77. The Morgan fingerprint density at radius 3 is 2.10 bits per heavy atom. The first-order valence-electron chi connectivity index (χ1n) is 8.13.